The van der Waals surface area contributed by atoms with Gasteiger partial charge in [-0.15, -0.1) is 0 Å². The molecule has 71 heavy (non-hydrogen) atoms. The minimum absolute atomic E-state index is 0.0494. The zero-order chi connectivity index (χ0) is 51.7. The van der Waals surface area contributed by atoms with Crippen molar-refractivity contribution in [2.45, 2.75) is 264 Å². The molecule has 0 saturated carbocycles. The number of hydrogen-bond acceptors (Lipinski definition) is 8. The van der Waals surface area contributed by atoms with E-state index in [9.17, 15) is 19.0 Å². The maximum absolute atomic E-state index is 12.7. The molecule has 0 aromatic carbocycles. The number of phosphoric acid groups is 1. The Morgan fingerprint density at radius 2 is 0.775 bits per heavy atom. The number of carbonyl (C=O) groups is 2. The lowest BCUT2D eigenvalue weighted by atomic mass is 10.0. The van der Waals surface area contributed by atoms with Crippen LogP contribution in [0.2, 0.25) is 0 Å². The molecule has 2 atom stereocenters. The zero-order valence-electron chi connectivity index (χ0n) is 45.7. The molecular formula is C61H108NO8P. The van der Waals surface area contributed by atoms with Crippen molar-refractivity contribution >= 4 is 19.8 Å². The van der Waals surface area contributed by atoms with Gasteiger partial charge in [-0.05, 0) is 89.9 Å². The third kappa shape index (κ3) is 56.3. The Hall–Kier alpha value is -2.81. The van der Waals surface area contributed by atoms with Crippen molar-refractivity contribution in [3.63, 3.8) is 0 Å². The molecule has 0 bridgehead atoms. The van der Waals surface area contributed by atoms with Crippen LogP contribution in [0.3, 0.4) is 0 Å². The van der Waals surface area contributed by atoms with Crippen LogP contribution >= 0.6 is 7.82 Å². The van der Waals surface area contributed by atoms with E-state index in [4.69, 9.17) is 24.3 Å². The topological polar surface area (TPSA) is 134 Å². The van der Waals surface area contributed by atoms with E-state index in [0.29, 0.717) is 6.42 Å². The first-order valence-corrected chi connectivity index (χ1v) is 30.6. The number of esters is 2. The quantitative estimate of drug-likeness (QED) is 0.0264. The molecule has 0 radical (unpaired) electrons. The van der Waals surface area contributed by atoms with E-state index < -0.39 is 26.5 Å². The number of unbranched alkanes of at least 4 members (excludes halogenated alkanes) is 27. The monoisotopic (exact) mass is 1010 g/mol. The van der Waals surface area contributed by atoms with Gasteiger partial charge in [-0.2, -0.15) is 0 Å². The summed E-state index contributed by atoms with van der Waals surface area (Å²) in [5, 5.41) is 0. The number of carbonyl (C=O) groups excluding carboxylic acids is 2. The predicted octanol–water partition coefficient (Wildman–Crippen LogP) is 18.3. The Morgan fingerprint density at radius 3 is 1.17 bits per heavy atom. The van der Waals surface area contributed by atoms with Crippen molar-refractivity contribution in [3.8, 4) is 0 Å². The molecule has 0 aromatic rings. The zero-order valence-corrected chi connectivity index (χ0v) is 46.6. The maximum Gasteiger partial charge on any atom is 0.472 e. The molecule has 3 N–H and O–H groups in total. The van der Waals surface area contributed by atoms with E-state index in [0.717, 1.165) is 83.5 Å². The molecule has 410 valence electrons. The molecule has 0 aliphatic heterocycles. The minimum atomic E-state index is -4.39. The molecule has 0 rings (SSSR count). The number of nitrogens with two attached hydrogens (primary N) is 1. The van der Waals surface area contributed by atoms with E-state index >= 15 is 0 Å². The fraction of sp³-hybridized carbons (Fsp3) is 0.738. The van der Waals surface area contributed by atoms with Crippen LogP contribution in [0.4, 0.5) is 0 Å². The highest BCUT2D eigenvalue weighted by Gasteiger charge is 2.26. The van der Waals surface area contributed by atoms with Crippen molar-refractivity contribution in [1.82, 2.24) is 0 Å². The minimum Gasteiger partial charge on any atom is -0.462 e. The summed E-state index contributed by atoms with van der Waals surface area (Å²) < 4.78 is 33.0. The van der Waals surface area contributed by atoms with Crippen LogP contribution in [0.1, 0.15) is 258 Å². The molecule has 0 spiro atoms. The summed E-state index contributed by atoms with van der Waals surface area (Å²) in [6.07, 6.45) is 73.4. The first-order valence-electron chi connectivity index (χ1n) is 29.1. The first kappa shape index (κ1) is 68.2. The van der Waals surface area contributed by atoms with Crippen LogP contribution in [0.15, 0.2) is 85.1 Å². The molecule has 0 aliphatic carbocycles. The van der Waals surface area contributed by atoms with E-state index in [1.807, 2.05) is 0 Å². The van der Waals surface area contributed by atoms with Crippen molar-refractivity contribution < 1.29 is 37.6 Å². The third-order valence-corrected chi connectivity index (χ3v) is 13.2. The van der Waals surface area contributed by atoms with E-state index in [1.54, 1.807) is 0 Å². The Kier molecular flexibility index (Phi) is 54.2. The highest BCUT2D eigenvalue weighted by atomic mass is 31.2. The van der Waals surface area contributed by atoms with Crippen LogP contribution in [-0.4, -0.2) is 49.3 Å². The summed E-state index contributed by atoms with van der Waals surface area (Å²) in [6.45, 7) is 3.64. The van der Waals surface area contributed by atoms with Gasteiger partial charge in [-0.3, -0.25) is 18.6 Å². The first-order chi connectivity index (χ1) is 34.8. The van der Waals surface area contributed by atoms with Crippen LogP contribution in [-0.2, 0) is 32.7 Å². The second kappa shape index (κ2) is 56.5. The van der Waals surface area contributed by atoms with Crippen molar-refractivity contribution in [2.75, 3.05) is 26.4 Å². The normalized spacial score (nSPS) is 13.7. The van der Waals surface area contributed by atoms with Crippen molar-refractivity contribution in [2.24, 2.45) is 5.73 Å². The van der Waals surface area contributed by atoms with Gasteiger partial charge in [0.2, 0.25) is 0 Å². The number of ether oxygens (including phenoxy) is 2. The van der Waals surface area contributed by atoms with Gasteiger partial charge in [0, 0.05) is 19.4 Å². The summed E-state index contributed by atoms with van der Waals surface area (Å²) in [4.78, 5) is 35.2. The fourth-order valence-electron chi connectivity index (χ4n) is 7.99. The summed E-state index contributed by atoms with van der Waals surface area (Å²) in [5.74, 6) is -0.833. The highest BCUT2D eigenvalue weighted by Crippen LogP contribution is 2.43. The smallest absolute Gasteiger partial charge is 0.462 e. The molecule has 9 nitrogen and oxygen atoms in total. The average Bonchev–Trinajstić information content (AvgIpc) is 3.36. The molecule has 2 unspecified atom stereocenters. The molecule has 0 aliphatic rings. The highest BCUT2D eigenvalue weighted by molar-refractivity contribution is 7.47. The molecular weight excluding hydrogens is 906 g/mol. The number of phosphoric ester groups is 1. The lowest BCUT2D eigenvalue weighted by Gasteiger charge is -2.19. The van der Waals surface area contributed by atoms with Gasteiger partial charge >= 0.3 is 19.8 Å². The second-order valence-corrected chi connectivity index (χ2v) is 20.6. The molecule has 10 heteroatoms. The Bertz CT molecular complexity index is 1440. The third-order valence-electron chi connectivity index (χ3n) is 12.3. The maximum atomic E-state index is 12.7. The lowest BCUT2D eigenvalue weighted by molar-refractivity contribution is -0.161. The average molecular weight is 1010 g/mol. The summed E-state index contributed by atoms with van der Waals surface area (Å²) in [7, 11) is -4.39. The van der Waals surface area contributed by atoms with E-state index in [1.165, 1.54) is 141 Å². The second-order valence-electron chi connectivity index (χ2n) is 19.1. The van der Waals surface area contributed by atoms with Crippen molar-refractivity contribution in [1.29, 1.82) is 0 Å². The lowest BCUT2D eigenvalue weighted by Crippen LogP contribution is -2.29. The van der Waals surface area contributed by atoms with E-state index in [2.05, 4.69) is 98.9 Å². The number of rotatable bonds is 54. The van der Waals surface area contributed by atoms with Crippen LogP contribution in [0.5, 0.6) is 0 Å². The number of allylic oxidation sites excluding steroid dienone is 14. The van der Waals surface area contributed by atoms with Crippen molar-refractivity contribution in [3.05, 3.63) is 85.1 Å². The van der Waals surface area contributed by atoms with Gasteiger partial charge < -0.3 is 20.1 Å². The van der Waals surface area contributed by atoms with Gasteiger partial charge in [0.1, 0.15) is 6.61 Å². The Balaban J connectivity index is 4.00. The fourth-order valence-corrected chi connectivity index (χ4v) is 8.75. The number of hydrogen-bond donors (Lipinski definition) is 2. The molecule has 0 amide bonds. The van der Waals surface area contributed by atoms with Gasteiger partial charge in [0.25, 0.3) is 0 Å². The molecule has 0 saturated heterocycles. The Labute approximate surface area is 436 Å². The van der Waals surface area contributed by atoms with Crippen LogP contribution in [0, 0.1) is 0 Å². The van der Waals surface area contributed by atoms with Gasteiger partial charge in [0.15, 0.2) is 6.10 Å². The summed E-state index contributed by atoms with van der Waals surface area (Å²) >= 11 is 0. The van der Waals surface area contributed by atoms with E-state index in [-0.39, 0.29) is 38.6 Å². The molecule has 0 heterocycles. The van der Waals surface area contributed by atoms with Crippen LogP contribution < -0.4 is 5.73 Å². The summed E-state index contributed by atoms with van der Waals surface area (Å²) in [6, 6.07) is 0. The van der Waals surface area contributed by atoms with Gasteiger partial charge in [0.05, 0.1) is 13.2 Å². The SMILES string of the molecule is CC/C=C\C/C=C\C/C=C\C/C=C\C/C=C\C/C=C\CCCCCCCCCCCCC(=O)OC(COC(=O)CCCCCCCCCCC/C=C\CCCCCCCCCC)COP(=O)(O)OCCN. The Morgan fingerprint density at radius 1 is 0.437 bits per heavy atom. The molecule has 0 aromatic heterocycles. The van der Waals surface area contributed by atoms with Gasteiger partial charge in [-0.1, -0.05) is 240 Å². The van der Waals surface area contributed by atoms with Gasteiger partial charge in [-0.25, -0.2) is 4.57 Å². The standard InChI is InChI=1S/C61H108NO8P/c1-3-5-7-9-11-13-15-17-19-21-23-25-26-27-28-29-30-31-32-34-36-38-40-42-44-46-48-50-52-54-61(64)70-59(58-69-71(65,66)68-56-55-62)57-67-60(63)53-51-49-47-45-43-41-39-37-35-33-24-22-20-18-16-14-12-10-8-6-4-2/h5,7,11,13,17,19,22-25,27-28,30-31,59H,3-4,6,8-10,12,14-16,18,20-21,26,29,32-58,62H2,1-2H3,(H,65,66)/b7-5-,13-11-,19-17-,24-22-,25-23-,28-27-,31-30-. The van der Waals surface area contributed by atoms with Crippen LogP contribution in [0.25, 0.3) is 0 Å². The summed E-state index contributed by atoms with van der Waals surface area (Å²) in [5.41, 5.74) is 5.38. The predicted molar refractivity (Wildman–Crippen MR) is 302 cm³/mol. The molecule has 0 fully saturated rings. The largest absolute Gasteiger partial charge is 0.472 e.